The lowest BCUT2D eigenvalue weighted by Crippen LogP contribution is -2.25. The molecule has 202 valence electrons. The maximum atomic E-state index is 12.5. The predicted molar refractivity (Wildman–Crippen MR) is 172 cm³/mol. The van der Waals surface area contributed by atoms with Gasteiger partial charge in [-0.25, -0.2) is 4.98 Å². The zero-order valence-electron chi connectivity index (χ0n) is 20.9. The zero-order chi connectivity index (χ0) is 28.0. The van der Waals surface area contributed by atoms with Gasteiger partial charge in [-0.05, 0) is 48.4 Å². The minimum atomic E-state index is -2.18. The Morgan fingerprint density at radius 1 is 1.15 bits per heavy atom. The number of amides is 1. The second-order valence-electron chi connectivity index (χ2n) is 8.44. The van der Waals surface area contributed by atoms with Crippen molar-refractivity contribution >= 4 is 82.5 Å². The molecule has 1 atom stereocenters. The Morgan fingerprint density at radius 3 is 2.64 bits per heavy atom. The summed E-state index contributed by atoms with van der Waals surface area (Å²) >= 11 is 11.5. The van der Waals surface area contributed by atoms with Crippen molar-refractivity contribution in [3.63, 3.8) is 0 Å². The molecule has 4 aromatic rings. The van der Waals surface area contributed by atoms with Crippen molar-refractivity contribution in [3.8, 4) is 0 Å². The summed E-state index contributed by atoms with van der Waals surface area (Å²) in [6.07, 6.45) is 1.86. The van der Waals surface area contributed by atoms with Gasteiger partial charge in [-0.1, -0.05) is 44.7 Å². The summed E-state index contributed by atoms with van der Waals surface area (Å²) < 4.78 is 4.69. The van der Waals surface area contributed by atoms with Gasteiger partial charge in [0.15, 0.2) is 5.71 Å². The minimum Gasteiger partial charge on any atom is -0.384 e. The molecule has 0 saturated carbocycles. The Balaban J connectivity index is 1.65. The van der Waals surface area contributed by atoms with Gasteiger partial charge >= 0.3 is 0 Å². The van der Waals surface area contributed by atoms with Crippen LogP contribution in [0.5, 0.6) is 0 Å². The number of thiazole rings is 1. The highest BCUT2D eigenvalue weighted by molar-refractivity contribution is 9.17. The average molecular weight is 597 g/mol. The monoisotopic (exact) mass is 596 g/mol. The molecule has 3 aromatic carbocycles. The smallest absolute Gasteiger partial charge is 0.277 e. The van der Waals surface area contributed by atoms with Gasteiger partial charge in [0.1, 0.15) is 10.8 Å². The number of para-hydroxylation sites is 1. The van der Waals surface area contributed by atoms with Crippen LogP contribution in [0.1, 0.15) is 22.2 Å². The van der Waals surface area contributed by atoms with Crippen molar-refractivity contribution < 1.29 is 4.79 Å². The molecule has 9 nitrogen and oxygen atoms in total. The fourth-order valence-electron chi connectivity index (χ4n) is 3.81. The number of nitrogens with one attached hydrogen (secondary N) is 3. The lowest BCUT2D eigenvalue weighted by atomic mass is 10.0. The van der Waals surface area contributed by atoms with E-state index < -0.39 is 14.2 Å². The number of carbonyl (C=O) groups is 1. The summed E-state index contributed by atoms with van der Waals surface area (Å²) in [5.74, 6) is 4.85. The summed E-state index contributed by atoms with van der Waals surface area (Å²) in [6, 6.07) is 22.6. The number of rotatable bonds is 10. The minimum absolute atomic E-state index is 0.0000708. The fourth-order valence-corrected chi connectivity index (χ4v) is 7.63. The van der Waals surface area contributed by atoms with E-state index in [0.29, 0.717) is 17.7 Å². The molecule has 0 aliphatic rings. The molecule has 7 N–H and O–H groups in total. The second-order valence-corrected chi connectivity index (χ2v) is 15.5. The first-order chi connectivity index (χ1) is 18.7. The Morgan fingerprint density at radius 2 is 1.92 bits per heavy atom. The number of hydrogen-bond acceptors (Lipinski definition) is 10. The molecule has 1 heterocycles. The number of fused-ring (bicyclic) bond motifs is 1. The quantitative estimate of drug-likeness (QED) is 0.0347. The number of aliphatic imine (C=N–C) groups is 1. The van der Waals surface area contributed by atoms with Crippen molar-refractivity contribution in [1.82, 2.24) is 9.71 Å². The van der Waals surface area contributed by atoms with Crippen LogP contribution in [0.4, 0.5) is 5.69 Å². The van der Waals surface area contributed by atoms with Crippen LogP contribution in [0, 0.1) is 5.41 Å². The lowest BCUT2D eigenvalue weighted by Gasteiger charge is -2.34. The van der Waals surface area contributed by atoms with Crippen molar-refractivity contribution in [2.24, 2.45) is 21.7 Å². The topological polar surface area (TPSA) is 155 Å². The van der Waals surface area contributed by atoms with Crippen molar-refractivity contribution in [1.29, 1.82) is 5.41 Å². The summed E-state index contributed by atoms with van der Waals surface area (Å²) in [5, 5.41) is 15.0. The van der Waals surface area contributed by atoms with E-state index in [0.717, 1.165) is 25.7 Å². The molecular weight excluding hydrogens is 569 g/mol. The molecule has 39 heavy (non-hydrogen) atoms. The summed E-state index contributed by atoms with van der Waals surface area (Å²) in [5.41, 5.74) is 8.83. The Labute approximate surface area is 241 Å². The largest absolute Gasteiger partial charge is 0.384 e. The van der Waals surface area contributed by atoms with Crippen LogP contribution in [0.15, 0.2) is 87.8 Å². The summed E-state index contributed by atoms with van der Waals surface area (Å²) in [7, 11) is -0.650. The van der Waals surface area contributed by atoms with Crippen molar-refractivity contribution in [3.05, 3.63) is 88.9 Å². The van der Waals surface area contributed by atoms with Crippen LogP contribution in [0.2, 0.25) is 0 Å². The third kappa shape index (κ3) is 7.19. The van der Waals surface area contributed by atoms with Crippen LogP contribution in [-0.4, -0.2) is 35.7 Å². The van der Waals surface area contributed by atoms with Gasteiger partial charge in [0.2, 0.25) is 0 Å². The SMILES string of the molecule is CN=C/C(=N\N)C(=O)Nc1cccc(S(S)(S)NC(Cc2cccc(C(=N)N)c2)c2nc3ccccc3s2)c1. The van der Waals surface area contributed by atoms with Crippen molar-refractivity contribution in [2.75, 3.05) is 12.4 Å². The number of nitrogens with zero attached hydrogens (tertiary/aromatic N) is 3. The van der Waals surface area contributed by atoms with E-state index in [9.17, 15) is 4.79 Å². The number of hydrazone groups is 1. The molecule has 1 amide bonds. The molecular formula is C26H28N8OS4. The molecule has 0 saturated heterocycles. The number of nitrogen functional groups attached to an aromatic ring is 1. The molecule has 13 heteroatoms. The van der Waals surface area contributed by atoms with E-state index in [1.54, 1.807) is 17.4 Å². The Kier molecular flexibility index (Phi) is 9.30. The Hall–Kier alpha value is -3.36. The van der Waals surface area contributed by atoms with Gasteiger partial charge in [0.05, 0.1) is 22.5 Å². The molecule has 0 aliphatic carbocycles. The highest BCUT2D eigenvalue weighted by Gasteiger charge is 2.26. The highest BCUT2D eigenvalue weighted by atomic mass is 33.5. The van der Waals surface area contributed by atoms with Gasteiger partial charge in [-0.3, -0.25) is 19.9 Å². The predicted octanol–water partition coefficient (Wildman–Crippen LogP) is 4.88. The number of aromatic nitrogens is 1. The first-order valence-electron chi connectivity index (χ1n) is 11.7. The number of anilines is 1. The number of nitrogens with two attached hydrogens (primary N) is 2. The van der Waals surface area contributed by atoms with Crippen LogP contribution >= 0.6 is 42.9 Å². The van der Waals surface area contributed by atoms with E-state index in [1.807, 2.05) is 66.7 Å². The van der Waals surface area contributed by atoms with Crippen molar-refractivity contribution in [2.45, 2.75) is 17.4 Å². The molecule has 1 aromatic heterocycles. The third-order valence-corrected chi connectivity index (χ3v) is 10.2. The molecule has 1 unspecified atom stereocenters. The Bertz CT molecular complexity index is 1530. The van der Waals surface area contributed by atoms with E-state index in [-0.39, 0.29) is 17.6 Å². The molecule has 0 fully saturated rings. The number of carbonyl (C=O) groups excluding carboxylic acids is 1. The van der Waals surface area contributed by atoms with E-state index >= 15 is 0 Å². The molecule has 0 aliphatic heterocycles. The molecule has 0 bridgehead atoms. The zero-order valence-corrected chi connectivity index (χ0v) is 24.3. The first kappa shape index (κ1) is 28.6. The van der Waals surface area contributed by atoms with Gasteiger partial charge in [0.25, 0.3) is 5.91 Å². The van der Waals surface area contributed by atoms with Gasteiger partial charge in [0, 0.05) is 23.2 Å². The highest BCUT2D eigenvalue weighted by Crippen LogP contribution is 2.62. The normalized spacial score (nSPS) is 13.5. The fraction of sp³-hybridized carbons (Fsp3) is 0.115. The van der Waals surface area contributed by atoms with E-state index in [1.165, 1.54) is 13.3 Å². The number of benzene rings is 3. The van der Waals surface area contributed by atoms with Gasteiger partial charge in [-0.15, -0.1) is 34.7 Å². The lowest BCUT2D eigenvalue weighted by molar-refractivity contribution is -0.110. The molecule has 4 rings (SSSR count). The standard InChI is InChI=1S/C26H28N8OS4/c1-30-15-22(33-29)25(35)31-18-8-5-9-19(14-18)39(36,37)34-21(13-16-6-4-7-17(12-16)24(27)28)26-32-20-10-2-3-11-23(20)38-26/h2-12,14-15,21,34,36-37H,13,29H2,1H3,(H3,27,28)(H,31,35)/b30-15?,33-22+. The number of thiol groups is 2. The van der Waals surface area contributed by atoms with Gasteiger partial charge in [-0.2, -0.15) is 5.10 Å². The van der Waals surface area contributed by atoms with Crippen LogP contribution in [0.25, 0.3) is 10.2 Å². The molecule has 0 spiro atoms. The number of hydrogen-bond donors (Lipinski definition) is 7. The third-order valence-electron chi connectivity index (χ3n) is 5.64. The van der Waals surface area contributed by atoms with Crippen LogP contribution < -0.4 is 21.6 Å². The van der Waals surface area contributed by atoms with Crippen LogP contribution in [0.3, 0.4) is 0 Å². The summed E-state index contributed by atoms with van der Waals surface area (Å²) in [4.78, 5) is 22.0. The maximum Gasteiger partial charge on any atom is 0.277 e. The van der Waals surface area contributed by atoms with Gasteiger partial charge < -0.3 is 16.9 Å². The maximum absolute atomic E-state index is 12.5. The second kappa shape index (κ2) is 12.7. The van der Waals surface area contributed by atoms with E-state index in [4.69, 9.17) is 45.3 Å². The first-order valence-corrected chi connectivity index (χ1v) is 16.2. The number of amidine groups is 1. The van der Waals surface area contributed by atoms with Crippen LogP contribution in [-0.2, 0) is 11.2 Å². The van der Waals surface area contributed by atoms with E-state index in [2.05, 4.69) is 20.1 Å². The summed E-state index contributed by atoms with van der Waals surface area (Å²) in [6.45, 7) is 0. The molecule has 0 radical (unpaired) electrons. The average Bonchev–Trinajstić information content (AvgIpc) is 3.36.